The molecule has 1 aliphatic heterocycles. The Labute approximate surface area is 129 Å². The van der Waals surface area contributed by atoms with Crippen molar-refractivity contribution in [3.8, 4) is 0 Å². The van der Waals surface area contributed by atoms with Crippen LogP contribution in [0.3, 0.4) is 0 Å². The number of benzene rings is 1. The highest BCUT2D eigenvalue weighted by atomic mass is 35.5. The lowest BCUT2D eigenvalue weighted by Gasteiger charge is -2.25. The largest absolute Gasteiger partial charge is 0.309 e. The van der Waals surface area contributed by atoms with Crippen LogP contribution in [0, 0.1) is 5.92 Å². The summed E-state index contributed by atoms with van der Waals surface area (Å²) in [5, 5.41) is 5.43. The van der Waals surface area contributed by atoms with E-state index in [1.165, 1.54) is 35.7 Å². The van der Waals surface area contributed by atoms with Gasteiger partial charge in [0.25, 0.3) is 0 Å². The van der Waals surface area contributed by atoms with Crippen molar-refractivity contribution < 1.29 is 0 Å². The van der Waals surface area contributed by atoms with Gasteiger partial charge in [-0.2, -0.15) is 23.5 Å². The molecule has 2 aliphatic rings. The van der Waals surface area contributed by atoms with E-state index in [0.717, 1.165) is 22.7 Å². The minimum absolute atomic E-state index is 0.532. The third-order valence-electron chi connectivity index (χ3n) is 3.77. The second kappa shape index (κ2) is 6.75. The van der Waals surface area contributed by atoms with Crippen molar-refractivity contribution in [2.75, 3.05) is 23.8 Å². The molecular formula is C15H20ClNS2. The van der Waals surface area contributed by atoms with Gasteiger partial charge in [0, 0.05) is 40.1 Å². The molecule has 104 valence electrons. The third kappa shape index (κ3) is 4.07. The molecule has 1 nitrogen and oxygen atoms in total. The number of nitrogens with one attached hydrogen (secondary N) is 1. The molecule has 1 aliphatic carbocycles. The van der Waals surface area contributed by atoms with Crippen molar-refractivity contribution in [3.05, 3.63) is 34.9 Å². The standard InChI is InChI=1S/C15H20ClNS2/c16-13-5-3-12(4-6-13)15(11-1-2-11)17-9-14-10-18-7-8-19-14/h3-6,11,14-15,17H,1-2,7-10H2. The summed E-state index contributed by atoms with van der Waals surface area (Å²) in [5.74, 6) is 4.77. The average molecular weight is 314 g/mol. The van der Waals surface area contributed by atoms with E-state index in [0.29, 0.717) is 6.04 Å². The summed E-state index contributed by atoms with van der Waals surface area (Å²) in [6, 6.07) is 8.92. The maximum atomic E-state index is 5.98. The normalized spacial score (nSPS) is 25.2. The van der Waals surface area contributed by atoms with E-state index in [9.17, 15) is 0 Å². The second-order valence-corrected chi connectivity index (χ2v) is 8.34. The summed E-state index contributed by atoms with van der Waals surface area (Å²) in [5.41, 5.74) is 1.40. The van der Waals surface area contributed by atoms with E-state index in [1.807, 2.05) is 12.1 Å². The van der Waals surface area contributed by atoms with E-state index in [2.05, 4.69) is 41.0 Å². The van der Waals surface area contributed by atoms with Gasteiger partial charge in [0.15, 0.2) is 0 Å². The first-order valence-electron chi connectivity index (χ1n) is 7.01. The molecule has 1 N–H and O–H groups in total. The molecule has 0 aromatic heterocycles. The Morgan fingerprint density at radius 3 is 2.63 bits per heavy atom. The van der Waals surface area contributed by atoms with Gasteiger partial charge in [-0.1, -0.05) is 23.7 Å². The van der Waals surface area contributed by atoms with Crippen LogP contribution in [0.1, 0.15) is 24.4 Å². The highest BCUT2D eigenvalue weighted by Gasteiger charge is 2.32. The van der Waals surface area contributed by atoms with E-state index in [1.54, 1.807) is 0 Å². The minimum atomic E-state index is 0.532. The molecule has 4 heteroatoms. The average Bonchev–Trinajstić information content (AvgIpc) is 3.27. The molecular weight excluding hydrogens is 294 g/mol. The number of hydrogen-bond donors (Lipinski definition) is 1. The van der Waals surface area contributed by atoms with Gasteiger partial charge in [0.1, 0.15) is 0 Å². The first kappa shape index (κ1) is 14.1. The predicted molar refractivity (Wildman–Crippen MR) is 88.5 cm³/mol. The van der Waals surface area contributed by atoms with Crippen molar-refractivity contribution in [1.82, 2.24) is 5.32 Å². The molecule has 1 saturated heterocycles. The molecule has 2 atom stereocenters. The first-order chi connectivity index (χ1) is 9.33. The summed E-state index contributed by atoms with van der Waals surface area (Å²) in [7, 11) is 0. The van der Waals surface area contributed by atoms with Crippen molar-refractivity contribution in [1.29, 1.82) is 0 Å². The maximum Gasteiger partial charge on any atom is 0.0406 e. The first-order valence-corrected chi connectivity index (χ1v) is 9.59. The lowest BCUT2D eigenvalue weighted by atomic mass is 10.0. The molecule has 1 heterocycles. The van der Waals surface area contributed by atoms with Crippen molar-refractivity contribution >= 4 is 35.1 Å². The molecule has 19 heavy (non-hydrogen) atoms. The number of rotatable bonds is 5. The predicted octanol–water partition coefficient (Wildman–Crippen LogP) is 4.23. The van der Waals surface area contributed by atoms with Crippen LogP contribution in [-0.4, -0.2) is 29.1 Å². The quantitative estimate of drug-likeness (QED) is 0.873. The Hall–Kier alpha value is 0.170. The van der Waals surface area contributed by atoms with Crippen molar-refractivity contribution in [2.45, 2.75) is 24.1 Å². The van der Waals surface area contributed by atoms with Gasteiger partial charge in [0.05, 0.1) is 0 Å². The Morgan fingerprint density at radius 2 is 2.00 bits per heavy atom. The lowest BCUT2D eigenvalue weighted by molar-refractivity contribution is 0.485. The van der Waals surface area contributed by atoms with E-state index >= 15 is 0 Å². The maximum absolute atomic E-state index is 5.98. The monoisotopic (exact) mass is 313 g/mol. The Morgan fingerprint density at radius 1 is 1.21 bits per heavy atom. The minimum Gasteiger partial charge on any atom is -0.309 e. The fourth-order valence-electron chi connectivity index (χ4n) is 2.57. The molecule has 1 aromatic rings. The summed E-state index contributed by atoms with van der Waals surface area (Å²) in [4.78, 5) is 0. The van der Waals surface area contributed by atoms with Crippen molar-refractivity contribution in [3.63, 3.8) is 0 Å². The third-order valence-corrected chi connectivity index (χ3v) is 6.87. The van der Waals surface area contributed by atoms with Crippen LogP contribution >= 0.6 is 35.1 Å². The fourth-order valence-corrected chi connectivity index (χ4v) is 5.32. The lowest BCUT2D eigenvalue weighted by Crippen LogP contribution is -2.32. The van der Waals surface area contributed by atoms with Gasteiger partial charge < -0.3 is 5.32 Å². The number of hydrogen-bond acceptors (Lipinski definition) is 3. The van der Waals surface area contributed by atoms with Crippen LogP contribution in [0.2, 0.25) is 5.02 Å². The van der Waals surface area contributed by atoms with E-state index < -0.39 is 0 Å². The molecule has 2 unspecified atom stereocenters. The summed E-state index contributed by atoms with van der Waals surface area (Å²) in [6.07, 6.45) is 2.74. The SMILES string of the molecule is Clc1ccc(C(NCC2CSCCS2)C2CC2)cc1. The fraction of sp³-hybridized carbons (Fsp3) is 0.600. The summed E-state index contributed by atoms with van der Waals surface area (Å²) < 4.78 is 0. The van der Waals surface area contributed by atoms with Crippen LogP contribution in [0.4, 0.5) is 0 Å². The van der Waals surface area contributed by atoms with Gasteiger partial charge >= 0.3 is 0 Å². The summed E-state index contributed by atoms with van der Waals surface area (Å²) in [6.45, 7) is 1.14. The molecule has 1 saturated carbocycles. The summed E-state index contributed by atoms with van der Waals surface area (Å²) >= 11 is 10.2. The van der Waals surface area contributed by atoms with Crippen LogP contribution in [0.25, 0.3) is 0 Å². The van der Waals surface area contributed by atoms with Gasteiger partial charge in [-0.25, -0.2) is 0 Å². The molecule has 0 radical (unpaired) electrons. The molecule has 3 rings (SSSR count). The van der Waals surface area contributed by atoms with Crippen molar-refractivity contribution in [2.24, 2.45) is 5.92 Å². The van der Waals surface area contributed by atoms with E-state index in [-0.39, 0.29) is 0 Å². The van der Waals surface area contributed by atoms with E-state index in [4.69, 9.17) is 11.6 Å². The molecule has 0 amide bonds. The number of thioether (sulfide) groups is 2. The van der Waals surface area contributed by atoms with Gasteiger partial charge in [0.2, 0.25) is 0 Å². The van der Waals surface area contributed by atoms with Crippen LogP contribution in [0.15, 0.2) is 24.3 Å². The zero-order valence-electron chi connectivity index (χ0n) is 11.0. The zero-order chi connectivity index (χ0) is 13.1. The van der Waals surface area contributed by atoms with Crippen LogP contribution in [0.5, 0.6) is 0 Å². The molecule has 0 bridgehead atoms. The van der Waals surface area contributed by atoms with Gasteiger partial charge in [-0.3, -0.25) is 0 Å². The zero-order valence-corrected chi connectivity index (χ0v) is 13.4. The van der Waals surface area contributed by atoms with Gasteiger partial charge in [-0.15, -0.1) is 0 Å². The highest BCUT2D eigenvalue weighted by molar-refractivity contribution is 8.06. The number of halogens is 1. The Kier molecular flexibility index (Phi) is 5.02. The topological polar surface area (TPSA) is 12.0 Å². The van der Waals surface area contributed by atoms with Crippen LogP contribution < -0.4 is 5.32 Å². The second-order valence-electron chi connectivity index (χ2n) is 5.34. The molecule has 0 spiro atoms. The molecule has 1 aromatic carbocycles. The highest BCUT2D eigenvalue weighted by Crippen LogP contribution is 2.41. The molecule has 2 fully saturated rings. The van der Waals surface area contributed by atoms with Crippen LogP contribution in [-0.2, 0) is 0 Å². The Bertz CT molecular complexity index is 399. The smallest absolute Gasteiger partial charge is 0.0406 e. The Balaban J connectivity index is 1.59. The van der Waals surface area contributed by atoms with Gasteiger partial charge in [-0.05, 0) is 36.5 Å².